The predicted molar refractivity (Wildman–Crippen MR) is 67.8 cm³/mol. The molecule has 1 aliphatic carbocycles. The van der Waals surface area contributed by atoms with Gasteiger partial charge in [-0.2, -0.15) is 5.10 Å². The number of carbonyl (C=O) groups excluding carboxylic acids is 1. The Morgan fingerprint density at radius 2 is 2.12 bits per heavy atom. The van der Waals surface area contributed by atoms with Crippen molar-refractivity contribution >= 4 is 11.7 Å². The Kier molecular flexibility index (Phi) is 3.42. The highest BCUT2D eigenvalue weighted by Crippen LogP contribution is 2.26. The molecular weight excluding hydrogens is 214 g/mol. The molecule has 0 aliphatic heterocycles. The van der Waals surface area contributed by atoms with Gasteiger partial charge in [0, 0.05) is 11.6 Å². The van der Waals surface area contributed by atoms with Crippen molar-refractivity contribution in [1.29, 1.82) is 0 Å². The summed E-state index contributed by atoms with van der Waals surface area (Å²) >= 11 is 0. The molecular formula is C13H17N3O. The fraction of sp³-hybridized carbons (Fsp3) is 0.385. The van der Waals surface area contributed by atoms with E-state index in [0.717, 1.165) is 25.0 Å². The summed E-state index contributed by atoms with van der Waals surface area (Å²) in [6.45, 7) is 1.94. The zero-order valence-corrected chi connectivity index (χ0v) is 9.94. The number of rotatable bonds is 2. The Morgan fingerprint density at radius 3 is 2.82 bits per heavy atom. The van der Waals surface area contributed by atoms with Gasteiger partial charge in [0.15, 0.2) is 0 Å². The van der Waals surface area contributed by atoms with Gasteiger partial charge in [0.1, 0.15) is 0 Å². The van der Waals surface area contributed by atoms with Crippen LogP contribution in [0.3, 0.4) is 0 Å². The van der Waals surface area contributed by atoms with Crippen molar-refractivity contribution in [2.75, 3.05) is 0 Å². The molecule has 1 aromatic carbocycles. The number of hydrazone groups is 1. The van der Waals surface area contributed by atoms with Crippen LogP contribution in [0.4, 0.5) is 4.79 Å². The normalized spacial score (nSPS) is 19.6. The minimum Gasteiger partial charge on any atom is -0.350 e. The number of nitrogens with one attached hydrogen (secondary N) is 1. The van der Waals surface area contributed by atoms with E-state index >= 15 is 0 Å². The van der Waals surface area contributed by atoms with Crippen molar-refractivity contribution < 1.29 is 4.79 Å². The monoisotopic (exact) mass is 231 g/mol. The van der Waals surface area contributed by atoms with Crippen molar-refractivity contribution in [2.24, 2.45) is 16.8 Å². The third-order valence-electron chi connectivity index (χ3n) is 3.28. The van der Waals surface area contributed by atoms with E-state index in [1.807, 2.05) is 6.92 Å². The van der Waals surface area contributed by atoms with Crippen LogP contribution in [0, 0.1) is 5.92 Å². The second-order valence-electron chi connectivity index (χ2n) is 4.44. The molecule has 0 saturated carbocycles. The minimum absolute atomic E-state index is 0.400. The van der Waals surface area contributed by atoms with Crippen molar-refractivity contribution in [2.45, 2.75) is 26.2 Å². The summed E-state index contributed by atoms with van der Waals surface area (Å²) in [4.78, 5) is 10.6. The Morgan fingerprint density at radius 1 is 1.41 bits per heavy atom. The van der Waals surface area contributed by atoms with Crippen molar-refractivity contribution in [3.05, 3.63) is 35.4 Å². The van der Waals surface area contributed by atoms with Crippen LogP contribution in [-0.4, -0.2) is 11.7 Å². The average molecular weight is 231 g/mol. The van der Waals surface area contributed by atoms with Gasteiger partial charge in [0.25, 0.3) is 0 Å². The van der Waals surface area contributed by atoms with E-state index in [-0.39, 0.29) is 0 Å². The van der Waals surface area contributed by atoms with Gasteiger partial charge in [-0.1, -0.05) is 24.3 Å². The molecule has 1 aliphatic rings. The maximum absolute atomic E-state index is 10.6. The third-order valence-corrected chi connectivity index (χ3v) is 3.28. The van der Waals surface area contributed by atoms with E-state index in [4.69, 9.17) is 5.73 Å². The molecule has 0 unspecified atom stereocenters. The molecule has 0 fully saturated rings. The lowest BCUT2D eigenvalue weighted by atomic mass is 9.82. The first-order chi connectivity index (χ1) is 8.16. The van der Waals surface area contributed by atoms with Crippen molar-refractivity contribution in [3.63, 3.8) is 0 Å². The maximum Gasteiger partial charge on any atom is 0.332 e. The van der Waals surface area contributed by atoms with Crippen LogP contribution < -0.4 is 11.2 Å². The summed E-state index contributed by atoms with van der Waals surface area (Å²) in [7, 11) is 0. The van der Waals surface area contributed by atoms with Crippen LogP contribution in [0.5, 0.6) is 0 Å². The fourth-order valence-corrected chi connectivity index (χ4v) is 2.29. The summed E-state index contributed by atoms with van der Waals surface area (Å²) in [5, 5.41) is 4.01. The number of nitrogens with zero attached hydrogens (tertiary/aromatic N) is 1. The maximum atomic E-state index is 10.6. The van der Waals surface area contributed by atoms with E-state index in [1.54, 1.807) is 0 Å². The molecule has 17 heavy (non-hydrogen) atoms. The number of carbonyl (C=O) groups is 1. The van der Waals surface area contributed by atoms with Crippen LogP contribution >= 0.6 is 0 Å². The first-order valence-electron chi connectivity index (χ1n) is 5.83. The second kappa shape index (κ2) is 4.99. The molecule has 0 spiro atoms. The van der Waals surface area contributed by atoms with Gasteiger partial charge >= 0.3 is 6.03 Å². The molecule has 2 rings (SSSR count). The van der Waals surface area contributed by atoms with Crippen LogP contribution in [0.2, 0.25) is 0 Å². The average Bonchev–Trinajstić information content (AvgIpc) is 2.35. The minimum atomic E-state index is -0.611. The standard InChI is InChI=1S/C13H17N3O/c1-9(15-16-13(14)17)11-7-6-10-4-2-3-5-12(10)8-11/h2-5,11H,6-8H2,1H3,(H3,14,16,17)/b15-9+/t11-/m0/s1. The molecule has 0 aromatic heterocycles. The van der Waals surface area contributed by atoms with Crippen LogP contribution in [0.15, 0.2) is 29.4 Å². The SMILES string of the molecule is C/C(=N\NC(N)=O)[C@H]1CCc2ccccc2C1. The quantitative estimate of drug-likeness (QED) is 0.592. The highest BCUT2D eigenvalue weighted by Gasteiger charge is 2.20. The van der Waals surface area contributed by atoms with Gasteiger partial charge < -0.3 is 5.73 Å². The number of urea groups is 1. The lowest BCUT2D eigenvalue weighted by Crippen LogP contribution is -2.28. The van der Waals surface area contributed by atoms with Gasteiger partial charge in [0.2, 0.25) is 0 Å². The van der Waals surface area contributed by atoms with E-state index in [0.29, 0.717) is 5.92 Å². The number of benzene rings is 1. The molecule has 1 aromatic rings. The van der Waals surface area contributed by atoms with Gasteiger partial charge in [-0.05, 0) is 37.3 Å². The number of fused-ring (bicyclic) bond motifs is 1. The molecule has 0 radical (unpaired) electrons. The van der Waals surface area contributed by atoms with E-state index < -0.39 is 6.03 Å². The fourth-order valence-electron chi connectivity index (χ4n) is 2.29. The molecule has 1 atom stereocenters. The first-order valence-corrected chi connectivity index (χ1v) is 5.83. The largest absolute Gasteiger partial charge is 0.350 e. The molecule has 0 heterocycles. The second-order valence-corrected chi connectivity index (χ2v) is 4.44. The summed E-state index contributed by atoms with van der Waals surface area (Å²) in [5.41, 5.74) is 11.0. The number of primary amides is 1. The van der Waals surface area contributed by atoms with Gasteiger partial charge in [-0.3, -0.25) is 0 Å². The number of hydrogen-bond acceptors (Lipinski definition) is 2. The molecule has 90 valence electrons. The molecule has 0 saturated heterocycles. The van der Waals surface area contributed by atoms with E-state index in [2.05, 4.69) is 34.8 Å². The highest BCUT2D eigenvalue weighted by atomic mass is 16.2. The van der Waals surface area contributed by atoms with Crippen LogP contribution in [0.25, 0.3) is 0 Å². The van der Waals surface area contributed by atoms with Gasteiger partial charge in [0.05, 0.1) is 0 Å². The molecule has 2 amide bonds. The molecule has 3 N–H and O–H groups in total. The third kappa shape index (κ3) is 2.84. The Bertz CT molecular complexity index is 454. The zero-order chi connectivity index (χ0) is 12.3. The number of hydrogen-bond donors (Lipinski definition) is 2. The van der Waals surface area contributed by atoms with Crippen molar-refractivity contribution in [1.82, 2.24) is 5.43 Å². The molecule has 0 bridgehead atoms. The van der Waals surface area contributed by atoms with Crippen LogP contribution in [-0.2, 0) is 12.8 Å². The number of amides is 2. The Balaban J connectivity index is 2.07. The smallest absolute Gasteiger partial charge is 0.332 e. The van der Waals surface area contributed by atoms with Gasteiger partial charge in [-0.15, -0.1) is 0 Å². The van der Waals surface area contributed by atoms with Crippen molar-refractivity contribution in [3.8, 4) is 0 Å². The van der Waals surface area contributed by atoms with E-state index in [1.165, 1.54) is 11.1 Å². The lowest BCUT2D eigenvalue weighted by Gasteiger charge is -2.24. The summed E-state index contributed by atoms with van der Waals surface area (Å²) < 4.78 is 0. The Hall–Kier alpha value is -1.84. The summed E-state index contributed by atoms with van der Waals surface area (Å²) in [5.74, 6) is 0.400. The molecule has 4 heteroatoms. The first kappa shape index (κ1) is 11.6. The topological polar surface area (TPSA) is 67.5 Å². The predicted octanol–water partition coefficient (Wildman–Crippen LogP) is 1.84. The zero-order valence-electron chi connectivity index (χ0n) is 9.94. The lowest BCUT2D eigenvalue weighted by molar-refractivity contribution is 0.249. The Labute approximate surface area is 101 Å². The highest BCUT2D eigenvalue weighted by molar-refractivity contribution is 5.86. The van der Waals surface area contributed by atoms with Crippen LogP contribution in [0.1, 0.15) is 24.5 Å². The molecule has 4 nitrogen and oxygen atoms in total. The van der Waals surface area contributed by atoms with E-state index in [9.17, 15) is 4.79 Å². The number of aryl methyl sites for hydroxylation is 1. The number of nitrogens with two attached hydrogens (primary N) is 1. The summed E-state index contributed by atoms with van der Waals surface area (Å²) in [6, 6.07) is 7.88. The van der Waals surface area contributed by atoms with Gasteiger partial charge in [-0.25, -0.2) is 10.2 Å². The summed E-state index contributed by atoms with van der Waals surface area (Å²) in [6.07, 6.45) is 3.14.